The van der Waals surface area contributed by atoms with Gasteiger partial charge < -0.3 is 9.73 Å². The summed E-state index contributed by atoms with van der Waals surface area (Å²) in [5.41, 5.74) is 2.27. The molecule has 0 atom stereocenters. The molecule has 2 heterocycles. The predicted molar refractivity (Wildman–Crippen MR) is 88.2 cm³/mol. The second-order valence-electron chi connectivity index (χ2n) is 4.80. The van der Waals surface area contributed by atoms with Gasteiger partial charge in [0, 0.05) is 25.0 Å². The Bertz CT molecular complexity index is 832. The van der Waals surface area contributed by atoms with Gasteiger partial charge in [0.15, 0.2) is 0 Å². The maximum Gasteiger partial charge on any atom is 0.232 e. The standard InChI is InChI=1S/C18H14N4O/c19-11-16-18(21-13-15-7-4-10-20-12-15)23-17(22-16)9-8-14-5-2-1-3-6-14/h1-10,12,21H,13H2/b9-8+. The molecule has 0 aliphatic heterocycles. The lowest BCUT2D eigenvalue weighted by Crippen LogP contribution is -1.99. The second kappa shape index (κ2) is 7.05. The van der Waals surface area contributed by atoms with Crippen molar-refractivity contribution in [3.05, 3.63) is 77.6 Å². The van der Waals surface area contributed by atoms with E-state index in [0.717, 1.165) is 11.1 Å². The number of nitrogens with zero attached hydrogens (tertiary/aromatic N) is 3. The summed E-state index contributed by atoms with van der Waals surface area (Å²) in [5.74, 6) is 0.753. The van der Waals surface area contributed by atoms with Gasteiger partial charge in [-0.2, -0.15) is 10.2 Å². The molecule has 0 bridgehead atoms. The van der Waals surface area contributed by atoms with Crippen LogP contribution >= 0.6 is 0 Å². The van der Waals surface area contributed by atoms with Crippen molar-refractivity contribution in [1.82, 2.24) is 9.97 Å². The van der Waals surface area contributed by atoms with E-state index in [-0.39, 0.29) is 5.69 Å². The number of nitriles is 1. The third kappa shape index (κ3) is 3.83. The van der Waals surface area contributed by atoms with Gasteiger partial charge in [0.05, 0.1) is 0 Å². The van der Waals surface area contributed by atoms with Crippen LogP contribution in [-0.2, 0) is 6.54 Å². The molecule has 23 heavy (non-hydrogen) atoms. The number of benzene rings is 1. The summed E-state index contributed by atoms with van der Waals surface area (Å²) >= 11 is 0. The summed E-state index contributed by atoms with van der Waals surface area (Å²) < 4.78 is 5.60. The molecule has 5 nitrogen and oxygen atoms in total. The van der Waals surface area contributed by atoms with E-state index in [1.165, 1.54) is 0 Å². The summed E-state index contributed by atoms with van der Waals surface area (Å²) in [7, 11) is 0. The van der Waals surface area contributed by atoms with Gasteiger partial charge in [-0.1, -0.05) is 36.4 Å². The largest absolute Gasteiger partial charge is 0.420 e. The zero-order chi connectivity index (χ0) is 15.9. The number of anilines is 1. The molecule has 0 unspecified atom stereocenters. The lowest BCUT2D eigenvalue weighted by Gasteiger charge is -2.01. The molecular formula is C18H14N4O. The Kier molecular flexibility index (Phi) is 4.46. The highest BCUT2D eigenvalue weighted by molar-refractivity contribution is 5.67. The van der Waals surface area contributed by atoms with Gasteiger partial charge in [-0.15, -0.1) is 0 Å². The Balaban J connectivity index is 1.73. The first-order valence-electron chi connectivity index (χ1n) is 7.12. The van der Waals surface area contributed by atoms with Crippen LogP contribution in [0.3, 0.4) is 0 Å². The minimum Gasteiger partial charge on any atom is -0.420 e. The zero-order valence-electron chi connectivity index (χ0n) is 12.3. The van der Waals surface area contributed by atoms with Crippen molar-refractivity contribution in [2.24, 2.45) is 0 Å². The highest BCUT2D eigenvalue weighted by Gasteiger charge is 2.10. The van der Waals surface area contributed by atoms with E-state index in [1.54, 1.807) is 18.5 Å². The average molecular weight is 302 g/mol. The molecule has 0 aliphatic carbocycles. The average Bonchev–Trinajstić information content (AvgIpc) is 3.02. The number of hydrogen-bond acceptors (Lipinski definition) is 5. The second-order valence-corrected chi connectivity index (χ2v) is 4.80. The van der Waals surface area contributed by atoms with Crippen LogP contribution in [0.25, 0.3) is 12.2 Å². The van der Waals surface area contributed by atoms with Crippen molar-refractivity contribution in [3.63, 3.8) is 0 Å². The Morgan fingerprint density at radius 1 is 1.13 bits per heavy atom. The third-order valence-electron chi connectivity index (χ3n) is 3.14. The molecule has 0 saturated heterocycles. The smallest absolute Gasteiger partial charge is 0.232 e. The molecule has 2 aromatic heterocycles. The molecule has 0 aliphatic rings. The van der Waals surface area contributed by atoms with E-state index in [2.05, 4.69) is 15.3 Å². The molecular weight excluding hydrogens is 288 g/mol. The van der Waals surface area contributed by atoms with Crippen molar-refractivity contribution in [1.29, 1.82) is 5.26 Å². The lowest BCUT2D eigenvalue weighted by atomic mass is 10.2. The first kappa shape index (κ1) is 14.5. The number of pyridine rings is 1. The Labute approximate surface area is 133 Å². The van der Waals surface area contributed by atoms with E-state index in [0.29, 0.717) is 18.3 Å². The molecule has 3 rings (SSSR count). The van der Waals surface area contributed by atoms with Crippen LogP contribution < -0.4 is 5.32 Å². The topological polar surface area (TPSA) is 74.7 Å². The summed E-state index contributed by atoms with van der Waals surface area (Å²) in [6, 6.07) is 15.7. The monoisotopic (exact) mass is 302 g/mol. The fraction of sp³-hybridized carbons (Fsp3) is 0.0556. The molecule has 5 heteroatoms. The van der Waals surface area contributed by atoms with Gasteiger partial charge >= 0.3 is 0 Å². The van der Waals surface area contributed by atoms with Crippen molar-refractivity contribution < 1.29 is 4.42 Å². The summed E-state index contributed by atoms with van der Waals surface area (Å²) in [6.45, 7) is 0.513. The van der Waals surface area contributed by atoms with Crippen molar-refractivity contribution in [2.75, 3.05) is 5.32 Å². The summed E-state index contributed by atoms with van der Waals surface area (Å²) in [4.78, 5) is 8.21. The number of aromatic nitrogens is 2. The van der Waals surface area contributed by atoms with Gasteiger partial charge in [0.25, 0.3) is 0 Å². The van der Waals surface area contributed by atoms with Crippen molar-refractivity contribution in [2.45, 2.75) is 6.54 Å². The van der Waals surface area contributed by atoms with Crippen LogP contribution in [0.4, 0.5) is 5.88 Å². The lowest BCUT2D eigenvalue weighted by molar-refractivity contribution is 0.557. The van der Waals surface area contributed by atoms with E-state index < -0.39 is 0 Å². The fourth-order valence-electron chi connectivity index (χ4n) is 2.02. The van der Waals surface area contributed by atoms with Gasteiger partial charge in [-0.05, 0) is 23.3 Å². The van der Waals surface area contributed by atoms with Crippen molar-refractivity contribution in [3.8, 4) is 6.07 Å². The van der Waals surface area contributed by atoms with Gasteiger partial charge in [0.1, 0.15) is 6.07 Å². The number of hydrogen-bond donors (Lipinski definition) is 1. The third-order valence-corrected chi connectivity index (χ3v) is 3.14. The molecule has 0 amide bonds. The minimum atomic E-state index is 0.238. The van der Waals surface area contributed by atoms with E-state index in [9.17, 15) is 0 Å². The molecule has 1 aromatic carbocycles. The molecule has 0 saturated carbocycles. The fourth-order valence-corrected chi connectivity index (χ4v) is 2.02. The van der Waals surface area contributed by atoms with Crippen LogP contribution in [0.15, 0.2) is 59.3 Å². The van der Waals surface area contributed by atoms with Gasteiger partial charge in [0.2, 0.25) is 17.5 Å². The van der Waals surface area contributed by atoms with E-state index in [1.807, 2.05) is 54.6 Å². The maximum absolute atomic E-state index is 9.17. The summed E-state index contributed by atoms with van der Waals surface area (Å²) in [5, 5.41) is 12.2. The normalized spacial score (nSPS) is 10.6. The van der Waals surface area contributed by atoms with Crippen LogP contribution in [0.5, 0.6) is 0 Å². The highest BCUT2D eigenvalue weighted by Crippen LogP contribution is 2.19. The van der Waals surface area contributed by atoms with Crippen LogP contribution in [0.2, 0.25) is 0 Å². The van der Waals surface area contributed by atoms with Gasteiger partial charge in [-0.3, -0.25) is 4.98 Å². The van der Waals surface area contributed by atoms with E-state index in [4.69, 9.17) is 9.68 Å². The van der Waals surface area contributed by atoms with Crippen LogP contribution in [0, 0.1) is 11.3 Å². The molecule has 0 radical (unpaired) electrons. The Morgan fingerprint density at radius 3 is 2.74 bits per heavy atom. The first-order valence-corrected chi connectivity index (χ1v) is 7.12. The zero-order valence-corrected chi connectivity index (χ0v) is 12.3. The Hall–Kier alpha value is -3.39. The quantitative estimate of drug-likeness (QED) is 0.777. The Morgan fingerprint density at radius 2 is 2.00 bits per heavy atom. The number of oxazole rings is 1. The minimum absolute atomic E-state index is 0.238. The SMILES string of the molecule is N#Cc1nc(/C=C/c2ccccc2)oc1NCc1cccnc1. The summed E-state index contributed by atoms with van der Waals surface area (Å²) in [6.07, 6.45) is 7.10. The molecule has 1 N–H and O–H groups in total. The predicted octanol–water partition coefficient (Wildman–Crippen LogP) is 3.72. The highest BCUT2D eigenvalue weighted by atomic mass is 16.4. The van der Waals surface area contributed by atoms with Crippen LogP contribution in [0.1, 0.15) is 22.7 Å². The van der Waals surface area contributed by atoms with Crippen LogP contribution in [-0.4, -0.2) is 9.97 Å². The number of rotatable bonds is 5. The van der Waals surface area contributed by atoms with Crippen molar-refractivity contribution >= 4 is 18.0 Å². The number of nitrogens with one attached hydrogen (secondary N) is 1. The van der Waals surface area contributed by atoms with E-state index >= 15 is 0 Å². The molecule has 0 fully saturated rings. The molecule has 112 valence electrons. The molecule has 0 spiro atoms. The van der Waals surface area contributed by atoms with Gasteiger partial charge in [-0.25, -0.2) is 0 Å². The maximum atomic E-state index is 9.17. The first-order chi connectivity index (χ1) is 11.3. The molecule has 3 aromatic rings.